The summed E-state index contributed by atoms with van der Waals surface area (Å²) in [5, 5.41) is 2.96. The van der Waals surface area contributed by atoms with Gasteiger partial charge in [0.1, 0.15) is 5.75 Å². The average Bonchev–Trinajstić information content (AvgIpc) is 2.63. The van der Waals surface area contributed by atoms with Gasteiger partial charge in [0, 0.05) is 5.69 Å². The van der Waals surface area contributed by atoms with Crippen LogP contribution in [-0.4, -0.2) is 12.0 Å². The summed E-state index contributed by atoms with van der Waals surface area (Å²) in [6, 6.07) is 13.9. The second-order valence-electron chi connectivity index (χ2n) is 5.49. The molecule has 0 spiro atoms. The molecule has 3 nitrogen and oxygen atoms in total. The molecule has 0 fully saturated rings. The predicted octanol–water partition coefficient (Wildman–Crippen LogP) is 3.64. The zero-order valence-corrected chi connectivity index (χ0v) is 12.3. The first-order valence-corrected chi connectivity index (χ1v) is 7.27. The summed E-state index contributed by atoms with van der Waals surface area (Å²) in [5.41, 5.74) is 4.32. The van der Waals surface area contributed by atoms with Crippen LogP contribution in [0, 0.1) is 13.8 Å². The maximum atomic E-state index is 12.3. The van der Waals surface area contributed by atoms with Crippen molar-refractivity contribution in [2.75, 3.05) is 5.32 Å². The van der Waals surface area contributed by atoms with Crippen molar-refractivity contribution in [3.05, 3.63) is 59.2 Å². The number of ether oxygens (including phenoxy) is 1. The Bertz CT molecular complexity index is 679. The van der Waals surface area contributed by atoms with Gasteiger partial charge in [0.05, 0.1) is 0 Å². The fraction of sp³-hybridized carbons (Fsp3) is 0.278. The first-order chi connectivity index (χ1) is 10.1. The number of para-hydroxylation sites is 1. The highest BCUT2D eigenvalue weighted by atomic mass is 16.5. The number of hydrogen-bond donors (Lipinski definition) is 1. The summed E-state index contributed by atoms with van der Waals surface area (Å²) >= 11 is 0. The van der Waals surface area contributed by atoms with E-state index >= 15 is 0 Å². The molecular weight excluding hydrogens is 262 g/mol. The summed E-state index contributed by atoms with van der Waals surface area (Å²) in [6.07, 6.45) is 1.08. The van der Waals surface area contributed by atoms with Crippen molar-refractivity contribution in [3.63, 3.8) is 0 Å². The molecule has 1 N–H and O–H groups in total. The second kappa shape index (κ2) is 5.60. The van der Waals surface area contributed by atoms with Crippen LogP contribution in [0.4, 0.5) is 5.69 Å². The molecule has 1 aliphatic rings. The Morgan fingerprint density at radius 1 is 1.10 bits per heavy atom. The SMILES string of the molecule is Cc1cccc(OC2CCc3ccccc3NC2=O)c1C. The van der Waals surface area contributed by atoms with Crippen LogP contribution in [0.25, 0.3) is 0 Å². The first-order valence-electron chi connectivity index (χ1n) is 7.27. The topological polar surface area (TPSA) is 38.3 Å². The lowest BCUT2D eigenvalue weighted by Crippen LogP contribution is -2.32. The van der Waals surface area contributed by atoms with Crippen LogP contribution >= 0.6 is 0 Å². The van der Waals surface area contributed by atoms with Gasteiger partial charge in [-0.3, -0.25) is 4.79 Å². The number of amides is 1. The number of carbonyl (C=O) groups excluding carboxylic acids is 1. The summed E-state index contributed by atoms with van der Waals surface area (Å²) in [4.78, 5) is 12.3. The van der Waals surface area contributed by atoms with E-state index in [1.807, 2.05) is 50.2 Å². The summed E-state index contributed by atoms with van der Waals surface area (Å²) in [7, 11) is 0. The molecule has 3 rings (SSSR count). The molecule has 0 radical (unpaired) electrons. The van der Waals surface area contributed by atoms with Gasteiger partial charge in [0.15, 0.2) is 6.10 Å². The Morgan fingerprint density at radius 2 is 1.90 bits per heavy atom. The molecule has 3 heteroatoms. The highest BCUT2D eigenvalue weighted by Gasteiger charge is 2.25. The minimum absolute atomic E-state index is 0.0687. The lowest BCUT2D eigenvalue weighted by atomic mass is 10.1. The van der Waals surface area contributed by atoms with E-state index in [-0.39, 0.29) is 5.91 Å². The molecule has 0 bridgehead atoms. The third-order valence-corrected chi connectivity index (χ3v) is 4.07. The molecule has 1 atom stereocenters. The number of aryl methyl sites for hydroxylation is 2. The van der Waals surface area contributed by atoms with Gasteiger partial charge in [-0.05, 0) is 55.5 Å². The fourth-order valence-electron chi connectivity index (χ4n) is 2.61. The number of nitrogens with one attached hydrogen (secondary N) is 1. The van der Waals surface area contributed by atoms with Gasteiger partial charge in [-0.15, -0.1) is 0 Å². The van der Waals surface area contributed by atoms with Crippen LogP contribution in [0.3, 0.4) is 0 Å². The lowest BCUT2D eigenvalue weighted by Gasteiger charge is -2.18. The highest BCUT2D eigenvalue weighted by molar-refractivity contribution is 5.95. The van der Waals surface area contributed by atoms with Crippen molar-refractivity contribution in [1.29, 1.82) is 0 Å². The molecule has 0 aromatic heterocycles. The molecule has 1 heterocycles. The Kier molecular flexibility index (Phi) is 3.65. The highest BCUT2D eigenvalue weighted by Crippen LogP contribution is 2.26. The number of rotatable bonds is 2. The van der Waals surface area contributed by atoms with Crippen LogP contribution in [0.1, 0.15) is 23.1 Å². The maximum absolute atomic E-state index is 12.3. The van der Waals surface area contributed by atoms with Crippen molar-refractivity contribution in [1.82, 2.24) is 0 Å². The molecule has 0 saturated heterocycles. The molecular formula is C18H19NO2. The van der Waals surface area contributed by atoms with Gasteiger partial charge in [-0.1, -0.05) is 30.3 Å². The van der Waals surface area contributed by atoms with Crippen LogP contribution in [0.5, 0.6) is 5.75 Å². The van der Waals surface area contributed by atoms with Crippen molar-refractivity contribution in [2.45, 2.75) is 32.8 Å². The van der Waals surface area contributed by atoms with E-state index in [0.29, 0.717) is 6.42 Å². The quantitative estimate of drug-likeness (QED) is 0.912. The van der Waals surface area contributed by atoms with Gasteiger partial charge in [0.2, 0.25) is 0 Å². The smallest absolute Gasteiger partial charge is 0.265 e. The van der Waals surface area contributed by atoms with Crippen molar-refractivity contribution in [3.8, 4) is 5.75 Å². The molecule has 1 aliphatic heterocycles. The Balaban J connectivity index is 1.82. The summed E-state index contributed by atoms with van der Waals surface area (Å²) in [5.74, 6) is 0.724. The molecule has 0 aliphatic carbocycles. The molecule has 0 saturated carbocycles. The molecule has 2 aromatic rings. The van der Waals surface area contributed by atoms with Gasteiger partial charge in [-0.2, -0.15) is 0 Å². The predicted molar refractivity (Wildman–Crippen MR) is 83.7 cm³/mol. The molecule has 1 unspecified atom stereocenters. The van der Waals surface area contributed by atoms with E-state index in [4.69, 9.17) is 4.74 Å². The van der Waals surface area contributed by atoms with Crippen molar-refractivity contribution < 1.29 is 9.53 Å². The lowest BCUT2D eigenvalue weighted by molar-refractivity contribution is -0.122. The third-order valence-electron chi connectivity index (χ3n) is 4.07. The molecule has 2 aromatic carbocycles. The number of hydrogen-bond acceptors (Lipinski definition) is 2. The van der Waals surface area contributed by atoms with E-state index in [9.17, 15) is 4.79 Å². The third kappa shape index (κ3) is 2.77. The van der Waals surface area contributed by atoms with E-state index in [0.717, 1.165) is 29.0 Å². The minimum atomic E-state index is -0.446. The van der Waals surface area contributed by atoms with E-state index in [2.05, 4.69) is 11.4 Å². The van der Waals surface area contributed by atoms with E-state index in [1.165, 1.54) is 5.56 Å². The van der Waals surface area contributed by atoms with Gasteiger partial charge >= 0.3 is 0 Å². The second-order valence-corrected chi connectivity index (χ2v) is 5.49. The average molecular weight is 281 g/mol. The Hall–Kier alpha value is -2.29. The van der Waals surface area contributed by atoms with Crippen LogP contribution < -0.4 is 10.1 Å². The van der Waals surface area contributed by atoms with Gasteiger partial charge < -0.3 is 10.1 Å². The van der Waals surface area contributed by atoms with E-state index < -0.39 is 6.10 Å². The van der Waals surface area contributed by atoms with E-state index in [1.54, 1.807) is 0 Å². The van der Waals surface area contributed by atoms with Crippen molar-refractivity contribution >= 4 is 11.6 Å². The Morgan fingerprint density at radius 3 is 2.76 bits per heavy atom. The van der Waals surface area contributed by atoms with Gasteiger partial charge in [0.25, 0.3) is 5.91 Å². The van der Waals surface area contributed by atoms with Crippen LogP contribution in [0.2, 0.25) is 0 Å². The van der Waals surface area contributed by atoms with Crippen LogP contribution in [-0.2, 0) is 11.2 Å². The normalized spacial score (nSPS) is 17.6. The summed E-state index contributed by atoms with van der Waals surface area (Å²) in [6.45, 7) is 4.07. The van der Waals surface area contributed by atoms with Crippen LogP contribution in [0.15, 0.2) is 42.5 Å². The zero-order valence-electron chi connectivity index (χ0n) is 12.3. The largest absolute Gasteiger partial charge is 0.480 e. The minimum Gasteiger partial charge on any atom is -0.480 e. The number of fused-ring (bicyclic) bond motifs is 1. The number of benzene rings is 2. The zero-order chi connectivity index (χ0) is 14.8. The fourth-order valence-corrected chi connectivity index (χ4v) is 2.61. The maximum Gasteiger partial charge on any atom is 0.265 e. The standard InChI is InChI=1S/C18H19NO2/c1-12-6-5-9-16(13(12)2)21-17-11-10-14-7-3-4-8-15(14)19-18(17)20/h3-9,17H,10-11H2,1-2H3,(H,19,20). The van der Waals surface area contributed by atoms with Gasteiger partial charge in [-0.25, -0.2) is 0 Å². The molecule has 1 amide bonds. The van der Waals surface area contributed by atoms with Crippen molar-refractivity contribution in [2.24, 2.45) is 0 Å². The Labute approximate surface area is 124 Å². The molecule has 108 valence electrons. The monoisotopic (exact) mass is 281 g/mol. The first kappa shape index (κ1) is 13.7. The molecule has 21 heavy (non-hydrogen) atoms. The number of carbonyl (C=O) groups is 1. The summed E-state index contributed by atoms with van der Waals surface area (Å²) < 4.78 is 5.98. The number of anilines is 1.